The van der Waals surface area contributed by atoms with Crippen molar-refractivity contribution >= 4 is 39.3 Å². The van der Waals surface area contributed by atoms with Crippen LogP contribution in [0.25, 0.3) is 22.2 Å². The van der Waals surface area contributed by atoms with Crippen LogP contribution in [0.5, 0.6) is 0 Å². The molecular formula is C19H26N6O4S. The van der Waals surface area contributed by atoms with Gasteiger partial charge in [-0.25, -0.2) is 22.7 Å². The lowest BCUT2D eigenvalue weighted by Crippen LogP contribution is -2.23. The summed E-state index contributed by atoms with van der Waals surface area (Å²) >= 11 is 0. The van der Waals surface area contributed by atoms with Gasteiger partial charge in [0.2, 0.25) is 16.0 Å². The molecule has 10 nitrogen and oxygen atoms in total. The molecule has 2 aromatic heterocycles. The number of benzene rings is 1. The predicted molar refractivity (Wildman–Crippen MR) is 116 cm³/mol. The number of aromatic nitrogens is 3. The Morgan fingerprint density at radius 1 is 1.13 bits per heavy atom. The van der Waals surface area contributed by atoms with E-state index in [1.165, 1.54) is 14.1 Å². The molecule has 0 aliphatic carbocycles. The van der Waals surface area contributed by atoms with E-state index in [4.69, 9.17) is 21.4 Å². The Morgan fingerprint density at radius 3 is 2.27 bits per heavy atom. The van der Waals surface area contributed by atoms with E-state index in [-0.39, 0.29) is 22.7 Å². The number of nitrogen functional groups attached to an aromatic ring is 2. The number of pyridine rings is 1. The maximum absolute atomic E-state index is 12.5. The van der Waals surface area contributed by atoms with E-state index < -0.39 is 10.0 Å². The molecule has 0 fully saturated rings. The second-order valence-electron chi connectivity index (χ2n) is 7.68. The minimum Gasteiger partial charge on any atom is -0.483 e. The molecule has 162 valence electrons. The van der Waals surface area contributed by atoms with Crippen molar-refractivity contribution < 1.29 is 18.3 Å². The van der Waals surface area contributed by atoms with Gasteiger partial charge in [0.05, 0.1) is 11.0 Å². The molecule has 0 spiro atoms. The summed E-state index contributed by atoms with van der Waals surface area (Å²) in [5.74, 6) is 0.401. The molecule has 30 heavy (non-hydrogen) atoms. The van der Waals surface area contributed by atoms with E-state index >= 15 is 0 Å². The number of hydrogen-bond donors (Lipinski definition) is 3. The lowest BCUT2D eigenvalue weighted by Gasteiger charge is -2.23. The van der Waals surface area contributed by atoms with Gasteiger partial charge < -0.3 is 21.1 Å². The Kier molecular flexibility index (Phi) is 6.38. The molecule has 1 aromatic carbocycles. The standard InChI is InChI=1S/C18H24N6O2S.CH2O2/c1-18(2,3)24-14-8-11(6-7-13(14)22-17(24)20)12-9-15(16(19)21-10-12)27(25,26)23(4)5;2-1-3/h6-10H,1-5H3,(H2,19,21)(H2,20,22);1H,(H,2,3). The summed E-state index contributed by atoms with van der Waals surface area (Å²) in [6, 6.07) is 7.20. The number of anilines is 2. The predicted octanol–water partition coefficient (Wildman–Crippen LogP) is 1.97. The van der Waals surface area contributed by atoms with Crippen molar-refractivity contribution in [2.75, 3.05) is 25.6 Å². The summed E-state index contributed by atoms with van der Waals surface area (Å²) in [7, 11) is -0.787. The first-order valence-corrected chi connectivity index (χ1v) is 10.3. The summed E-state index contributed by atoms with van der Waals surface area (Å²) < 4.78 is 28.1. The average molecular weight is 435 g/mol. The Labute approximate surface area is 175 Å². The van der Waals surface area contributed by atoms with Crippen molar-refractivity contribution in [2.45, 2.75) is 31.2 Å². The molecule has 2 heterocycles. The van der Waals surface area contributed by atoms with Gasteiger partial charge in [-0.15, -0.1) is 0 Å². The third-order valence-corrected chi connectivity index (χ3v) is 6.17. The number of carbonyl (C=O) groups is 1. The van der Waals surface area contributed by atoms with Gasteiger partial charge in [-0.1, -0.05) is 6.07 Å². The second kappa shape index (κ2) is 8.28. The molecule has 0 unspecified atom stereocenters. The number of carboxylic acid groups (broad SMARTS) is 1. The van der Waals surface area contributed by atoms with Crippen molar-refractivity contribution in [3.05, 3.63) is 30.5 Å². The van der Waals surface area contributed by atoms with Gasteiger partial charge in [-0.3, -0.25) is 4.79 Å². The van der Waals surface area contributed by atoms with E-state index in [2.05, 4.69) is 9.97 Å². The first-order chi connectivity index (χ1) is 13.8. The lowest BCUT2D eigenvalue weighted by atomic mass is 10.1. The van der Waals surface area contributed by atoms with Gasteiger partial charge in [0.25, 0.3) is 6.47 Å². The summed E-state index contributed by atoms with van der Waals surface area (Å²) in [6.07, 6.45) is 1.56. The van der Waals surface area contributed by atoms with Gasteiger partial charge in [0.1, 0.15) is 10.7 Å². The highest BCUT2D eigenvalue weighted by Crippen LogP contribution is 2.32. The van der Waals surface area contributed by atoms with E-state index in [1.54, 1.807) is 12.3 Å². The molecule has 11 heteroatoms. The zero-order chi connectivity index (χ0) is 22.9. The van der Waals surface area contributed by atoms with Gasteiger partial charge in [0, 0.05) is 31.4 Å². The van der Waals surface area contributed by atoms with Crippen LogP contribution in [0, 0.1) is 0 Å². The van der Waals surface area contributed by atoms with Crippen molar-refractivity contribution in [1.82, 2.24) is 18.8 Å². The molecule has 0 aliphatic rings. The highest BCUT2D eigenvalue weighted by atomic mass is 32.2. The molecule has 0 bridgehead atoms. The molecule has 0 saturated heterocycles. The molecule has 5 N–H and O–H groups in total. The third-order valence-electron chi connectivity index (χ3n) is 4.32. The first-order valence-electron chi connectivity index (χ1n) is 8.89. The number of imidazole rings is 1. The van der Waals surface area contributed by atoms with E-state index in [0.29, 0.717) is 11.5 Å². The molecule has 0 atom stereocenters. The quantitative estimate of drug-likeness (QED) is 0.528. The Morgan fingerprint density at radius 2 is 1.73 bits per heavy atom. The Balaban J connectivity index is 0.00000101. The van der Waals surface area contributed by atoms with Crippen molar-refractivity contribution in [1.29, 1.82) is 0 Å². The summed E-state index contributed by atoms with van der Waals surface area (Å²) in [4.78, 5) is 16.8. The zero-order valence-electron chi connectivity index (χ0n) is 17.5. The van der Waals surface area contributed by atoms with Crippen molar-refractivity contribution in [2.24, 2.45) is 0 Å². The van der Waals surface area contributed by atoms with E-state index in [9.17, 15) is 8.42 Å². The second-order valence-corrected chi connectivity index (χ2v) is 9.80. The Hall–Kier alpha value is -3.18. The first kappa shape index (κ1) is 23.1. The van der Waals surface area contributed by atoms with Crippen LogP contribution in [-0.4, -0.2) is 52.9 Å². The average Bonchev–Trinajstić information content (AvgIpc) is 2.97. The number of hydrogen-bond acceptors (Lipinski definition) is 7. The maximum Gasteiger partial charge on any atom is 0.290 e. The van der Waals surface area contributed by atoms with Gasteiger partial charge in [0.15, 0.2) is 0 Å². The topological polar surface area (TPSA) is 157 Å². The zero-order valence-corrected chi connectivity index (χ0v) is 18.3. The number of rotatable bonds is 3. The van der Waals surface area contributed by atoms with Crippen LogP contribution in [-0.2, 0) is 20.4 Å². The SMILES string of the molecule is CN(C)S(=O)(=O)c1cc(-c2ccc3nc(N)n(C(C)(C)C)c3c2)cnc1N.O=CO. The highest BCUT2D eigenvalue weighted by Gasteiger charge is 2.23. The molecule has 0 aliphatic heterocycles. The number of nitrogens with zero attached hydrogens (tertiary/aromatic N) is 4. The van der Waals surface area contributed by atoms with Gasteiger partial charge in [-0.05, 0) is 44.5 Å². The normalized spacial score (nSPS) is 11.9. The largest absolute Gasteiger partial charge is 0.483 e. The molecule has 3 rings (SSSR count). The maximum atomic E-state index is 12.5. The molecule has 0 radical (unpaired) electrons. The number of sulfonamides is 1. The monoisotopic (exact) mass is 434 g/mol. The summed E-state index contributed by atoms with van der Waals surface area (Å²) in [6.45, 7) is 5.89. The minimum atomic E-state index is -3.70. The molecule has 3 aromatic rings. The fourth-order valence-electron chi connectivity index (χ4n) is 2.99. The van der Waals surface area contributed by atoms with Gasteiger partial charge >= 0.3 is 0 Å². The number of fused-ring (bicyclic) bond motifs is 1. The lowest BCUT2D eigenvalue weighted by molar-refractivity contribution is -0.122. The van der Waals surface area contributed by atoms with Crippen LogP contribution in [0.2, 0.25) is 0 Å². The van der Waals surface area contributed by atoms with Crippen LogP contribution in [0.15, 0.2) is 35.4 Å². The van der Waals surface area contributed by atoms with Crippen molar-refractivity contribution in [3.8, 4) is 11.1 Å². The summed E-state index contributed by atoms with van der Waals surface area (Å²) in [5, 5.41) is 6.89. The van der Waals surface area contributed by atoms with Crippen LogP contribution >= 0.6 is 0 Å². The van der Waals surface area contributed by atoms with Crippen LogP contribution in [0.4, 0.5) is 11.8 Å². The highest BCUT2D eigenvalue weighted by molar-refractivity contribution is 7.89. The summed E-state index contributed by atoms with van der Waals surface area (Å²) in [5.41, 5.74) is 14.8. The van der Waals surface area contributed by atoms with E-state index in [0.717, 1.165) is 20.9 Å². The van der Waals surface area contributed by atoms with Crippen LogP contribution < -0.4 is 11.5 Å². The fourth-order valence-corrected chi connectivity index (χ4v) is 3.98. The molecular weight excluding hydrogens is 408 g/mol. The number of nitrogens with two attached hydrogens (primary N) is 2. The third kappa shape index (κ3) is 4.36. The fraction of sp³-hybridized carbons (Fsp3) is 0.316. The van der Waals surface area contributed by atoms with Crippen LogP contribution in [0.1, 0.15) is 20.8 Å². The van der Waals surface area contributed by atoms with E-state index in [1.807, 2.05) is 43.5 Å². The Bertz CT molecular complexity index is 1180. The van der Waals surface area contributed by atoms with Gasteiger partial charge in [-0.2, -0.15) is 0 Å². The smallest absolute Gasteiger partial charge is 0.290 e. The van der Waals surface area contributed by atoms with Crippen molar-refractivity contribution in [3.63, 3.8) is 0 Å². The molecule has 0 saturated carbocycles. The molecule has 0 amide bonds. The van der Waals surface area contributed by atoms with Crippen LogP contribution in [0.3, 0.4) is 0 Å². The minimum absolute atomic E-state index is 0.0195.